The molecule has 6 heteroatoms. The van der Waals surface area contributed by atoms with Crippen LogP contribution in [0.1, 0.15) is 69.6 Å². The Bertz CT molecular complexity index is 423. The predicted molar refractivity (Wildman–Crippen MR) is 88.3 cm³/mol. The summed E-state index contributed by atoms with van der Waals surface area (Å²) in [7, 11) is 1.98. The number of hydrogen-bond donors (Lipinski definition) is 2. The third-order valence-electron chi connectivity index (χ3n) is 3.46. The number of anilines is 1. The Labute approximate surface area is 126 Å². The Morgan fingerprint density at radius 3 is 2.65 bits per heavy atom. The van der Waals surface area contributed by atoms with Crippen LogP contribution in [0.2, 0.25) is 0 Å². The van der Waals surface area contributed by atoms with Gasteiger partial charge in [-0.05, 0) is 18.8 Å². The average molecular weight is 296 g/mol. The SMILES string of the molecule is Bc1nc(NC(=O)O)sc1C(CCC)CCCCCC. The number of nitrogens with zero attached hydrogens (tertiary/aromatic N) is 1. The molecule has 2 N–H and O–H groups in total. The van der Waals surface area contributed by atoms with E-state index in [1.54, 1.807) is 0 Å². The molecule has 1 amide bonds. The van der Waals surface area contributed by atoms with Crippen molar-refractivity contribution >= 4 is 36.0 Å². The van der Waals surface area contributed by atoms with Gasteiger partial charge in [-0.25, -0.2) is 9.78 Å². The topological polar surface area (TPSA) is 62.2 Å². The van der Waals surface area contributed by atoms with E-state index in [0.29, 0.717) is 11.0 Å². The average Bonchev–Trinajstić information content (AvgIpc) is 2.73. The van der Waals surface area contributed by atoms with Crippen LogP contribution in [0, 0.1) is 0 Å². The minimum atomic E-state index is -1.04. The van der Waals surface area contributed by atoms with Crippen molar-refractivity contribution in [3.8, 4) is 0 Å². The molecule has 1 heterocycles. The van der Waals surface area contributed by atoms with Gasteiger partial charge >= 0.3 is 6.09 Å². The second-order valence-corrected chi connectivity index (χ2v) is 6.26. The van der Waals surface area contributed by atoms with E-state index >= 15 is 0 Å². The van der Waals surface area contributed by atoms with Gasteiger partial charge in [-0.3, -0.25) is 5.32 Å². The molecular weight excluding hydrogens is 271 g/mol. The summed E-state index contributed by atoms with van der Waals surface area (Å²) in [5, 5.41) is 11.6. The fourth-order valence-corrected chi connectivity index (χ4v) is 3.63. The van der Waals surface area contributed by atoms with Crippen molar-refractivity contribution in [2.75, 3.05) is 5.32 Å². The van der Waals surface area contributed by atoms with Crippen molar-refractivity contribution in [3.05, 3.63) is 4.88 Å². The van der Waals surface area contributed by atoms with Gasteiger partial charge in [0.05, 0.1) is 0 Å². The minimum absolute atomic E-state index is 0.500. The first-order valence-electron chi connectivity index (χ1n) is 7.55. The van der Waals surface area contributed by atoms with Gasteiger partial charge in [-0.15, -0.1) is 11.3 Å². The first-order valence-corrected chi connectivity index (χ1v) is 8.37. The van der Waals surface area contributed by atoms with Gasteiger partial charge in [-0.1, -0.05) is 46.0 Å². The Balaban J connectivity index is 2.69. The lowest BCUT2D eigenvalue weighted by atomic mass is 9.89. The van der Waals surface area contributed by atoms with E-state index in [4.69, 9.17) is 5.11 Å². The van der Waals surface area contributed by atoms with Gasteiger partial charge in [-0.2, -0.15) is 0 Å². The van der Waals surface area contributed by atoms with Crippen LogP contribution < -0.4 is 10.9 Å². The van der Waals surface area contributed by atoms with Crippen LogP contribution in [0.5, 0.6) is 0 Å². The van der Waals surface area contributed by atoms with Gasteiger partial charge in [0.15, 0.2) is 13.0 Å². The smallest absolute Gasteiger partial charge is 0.410 e. The number of aromatic nitrogens is 1. The molecule has 0 radical (unpaired) electrons. The van der Waals surface area contributed by atoms with Gasteiger partial charge in [0.1, 0.15) is 0 Å². The molecule has 0 fully saturated rings. The molecule has 0 bridgehead atoms. The number of carbonyl (C=O) groups is 1. The first kappa shape index (κ1) is 17.0. The third kappa shape index (κ3) is 5.53. The van der Waals surface area contributed by atoms with E-state index in [1.165, 1.54) is 48.3 Å². The lowest BCUT2D eigenvalue weighted by molar-refractivity contribution is 0.209. The molecule has 0 aliphatic rings. The summed E-state index contributed by atoms with van der Waals surface area (Å²) in [6, 6.07) is 0. The van der Waals surface area contributed by atoms with Crippen molar-refractivity contribution in [2.45, 2.75) is 64.7 Å². The maximum atomic E-state index is 10.7. The molecule has 1 aromatic heterocycles. The van der Waals surface area contributed by atoms with E-state index < -0.39 is 6.09 Å². The molecule has 0 saturated heterocycles. The number of unbranched alkanes of at least 4 members (excludes halogenated alkanes) is 3. The number of carboxylic acid groups (broad SMARTS) is 1. The number of amides is 1. The van der Waals surface area contributed by atoms with Crippen LogP contribution in [-0.4, -0.2) is 24.0 Å². The molecule has 20 heavy (non-hydrogen) atoms. The highest BCUT2D eigenvalue weighted by atomic mass is 32.1. The molecule has 4 nitrogen and oxygen atoms in total. The van der Waals surface area contributed by atoms with Crippen molar-refractivity contribution < 1.29 is 9.90 Å². The van der Waals surface area contributed by atoms with Crippen molar-refractivity contribution in [3.63, 3.8) is 0 Å². The summed E-state index contributed by atoms with van der Waals surface area (Å²) in [5.74, 6) is 0.527. The van der Waals surface area contributed by atoms with E-state index in [-0.39, 0.29) is 0 Å². The summed E-state index contributed by atoms with van der Waals surface area (Å²) in [6.45, 7) is 4.42. The highest BCUT2D eigenvalue weighted by molar-refractivity contribution is 7.16. The highest BCUT2D eigenvalue weighted by Gasteiger charge is 2.18. The highest BCUT2D eigenvalue weighted by Crippen LogP contribution is 2.31. The molecule has 1 unspecified atom stereocenters. The number of thiazole rings is 1. The summed E-state index contributed by atoms with van der Waals surface area (Å²) in [4.78, 5) is 16.3. The lowest BCUT2D eigenvalue weighted by Crippen LogP contribution is -2.14. The largest absolute Gasteiger partial charge is 0.465 e. The fraction of sp³-hybridized carbons (Fsp3) is 0.714. The Morgan fingerprint density at radius 2 is 2.05 bits per heavy atom. The molecule has 1 atom stereocenters. The molecule has 1 aromatic rings. The first-order chi connectivity index (χ1) is 9.58. The lowest BCUT2D eigenvalue weighted by Gasteiger charge is -2.15. The predicted octanol–water partition coefficient (Wildman–Crippen LogP) is 3.35. The van der Waals surface area contributed by atoms with Gasteiger partial charge in [0.2, 0.25) is 0 Å². The maximum Gasteiger partial charge on any atom is 0.410 e. The summed E-state index contributed by atoms with van der Waals surface area (Å²) >= 11 is 1.50. The second-order valence-electron chi connectivity index (χ2n) is 5.23. The van der Waals surface area contributed by atoms with E-state index in [9.17, 15) is 4.79 Å². The molecule has 0 saturated carbocycles. The van der Waals surface area contributed by atoms with Gasteiger partial charge < -0.3 is 5.11 Å². The molecule has 0 aromatic carbocycles. The molecular formula is C14H25BN2O2S. The summed E-state index contributed by atoms with van der Waals surface area (Å²) < 4.78 is 0. The van der Waals surface area contributed by atoms with E-state index in [2.05, 4.69) is 24.1 Å². The second kappa shape index (κ2) is 9.00. The Kier molecular flexibility index (Phi) is 7.66. The zero-order valence-electron chi connectivity index (χ0n) is 12.7. The van der Waals surface area contributed by atoms with Crippen LogP contribution in [0.3, 0.4) is 0 Å². The Hall–Kier alpha value is -1.04. The van der Waals surface area contributed by atoms with Crippen molar-refractivity contribution in [1.29, 1.82) is 0 Å². The van der Waals surface area contributed by atoms with Crippen molar-refractivity contribution in [1.82, 2.24) is 4.98 Å². The minimum Gasteiger partial charge on any atom is -0.465 e. The maximum absolute atomic E-state index is 10.7. The van der Waals surface area contributed by atoms with Crippen LogP contribution in [-0.2, 0) is 0 Å². The van der Waals surface area contributed by atoms with Gasteiger partial charge in [0, 0.05) is 10.5 Å². The zero-order valence-corrected chi connectivity index (χ0v) is 13.6. The van der Waals surface area contributed by atoms with Gasteiger partial charge in [0.25, 0.3) is 0 Å². The molecule has 0 spiro atoms. The molecule has 0 aliphatic carbocycles. The summed E-state index contributed by atoms with van der Waals surface area (Å²) in [5.41, 5.74) is 0.979. The Morgan fingerprint density at radius 1 is 1.30 bits per heavy atom. The monoisotopic (exact) mass is 296 g/mol. The van der Waals surface area contributed by atoms with Crippen LogP contribution in [0.15, 0.2) is 0 Å². The number of rotatable bonds is 9. The third-order valence-corrected chi connectivity index (χ3v) is 4.70. The van der Waals surface area contributed by atoms with E-state index in [0.717, 1.165) is 18.4 Å². The molecule has 0 aliphatic heterocycles. The van der Waals surface area contributed by atoms with Crippen molar-refractivity contribution in [2.24, 2.45) is 0 Å². The zero-order chi connectivity index (χ0) is 15.0. The fourth-order valence-electron chi connectivity index (χ4n) is 2.50. The number of hydrogen-bond acceptors (Lipinski definition) is 3. The quantitative estimate of drug-likeness (QED) is 0.542. The molecule has 1 rings (SSSR count). The normalized spacial score (nSPS) is 12.3. The molecule has 112 valence electrons. The number of nitrogens with one attached hydrogen (secondary N) is 1. The van der Waals surface area contributed by atoms with Crippen LogP contribution in [0.4, 0.5) is 9.93 Å². The summed E-state index contributed by atoms with van der Waals surface area (Å²) in [6.07, 6.45) is 7.53. The van der Waals surface area contributed by atoms with E-state index in [1.807, 2.05) is 7.85 Å². The van der Waals surface area contributed by atoms with Crippen LogP contribution in [0.25, 0.3) is 0 Å². The standard InChI is InChI=1S/C14H25BN2O2S/c1-3-5-6-7-9-10(8-4-2)11-12(15)16-13(20-11)17-14(18)19/h10H,3-9,15H2,1-2H3,(H,16,17)(H,18,19). The van der Waals surface area contributed by atoms with Crippen LogP contribution >= 0.6 is 11.3 Å².